The largest absolute Gasteiger partial charge is 0.358 e. The first-order valence-electron chi connectivity index (χ1n) is 8.63. The summed E-state index contributed by atoms with van der Waals surface area (Å²) in [5.41, 5.74) is 2.75. The first kappa shape index (κ1) is 18.0. The smallest absolute Gasteiger partial charge is 0.233 e. The van der Waals surface area contributed by atoms with E-state index in [-0.39, 0.29) is 11.7 Å². The Labute approximate surface area is 152 Å². The third kappa shape index (κ3) is 4.83. The van der Waals surface area contributed by atoms with Crippen LogP contribution in [0.25, 0.3) is 0 Å². The molecule has 1 amide bonds. The Kier molecular flexibility index (Phi) is 6.10. The highest BCUT2D eigenvalue weighted by Crippen LogP contribution is 2.36. The fourth-order valence-corrected chi connectivity index (χ4v) is 4.21. The van der Waals surface area contributed by atoms with Gasteiger partial charge in [-0.2, -0.15) is 0 Å². The van der Waals surface area contributed by atoms with Crippen LogP contribution >= 0.6 is 11.8 Å². The van der Waals surface area contributed by atoms with Crippen LogP contribution in [0.5, 0.6) is 0 Å². The van der Waals surface area contributed by atoms with Crippen LogP contribution in [0.4, 0.5) is 4.39 Å². The average Bonchev–Trinajstić information content (AvgIpc) is 2.61. The van der Waals surface area contributed by atoms with Crippen molar-refractivity contribution in [2.75, 3.05) is 20.1 Å². The molecule has 2 N–H and O–H groups in total. The second-order valence-corrected chi connectivity index (χ2v) is 7.46. The molecule has 0 unspecified atom stereocenters. The third-order valence-electron chi connectivity index (χ3n) is 4.54. The molecule has 2 aromatic carbocycles. The van der Waals surface area contributed by atoms with E-state index in [4.69, 9.17) is 0 Å². The predicted molar refractivity (Wildman–Crippen MR) is 99.6 cm³/mol. The lowest BCUT2D eigenvalue weighted by atomic mass is 9.83. The number of aryl methyl sites for hydroxylation is 1. The molecule has 0 heterocycles. The Morgan fingerprint density at radius 2 is 2.08 bits per heavy atom. The fourth-order valence-electron chi connectivity index (χ4n) is 3.28. The van der Waals surface area contributed by atoms with Gasteiger partial charge in [0.2, 0.25) is 5.91 Å². The molecule has 1 atom stereocenters. The van der Waals surface area contributed by atoms with Crippen molar-refractivity contribution in [3.8, 4) is 0 Å². The Morgan fingerprint density at radius 3 is 2.88 bits per heavy atom. The molecule has 0 aliphatic heterocycles. The van der Waals surface area contributed by atoms with Crippen molar-refractivity contribution in [1.82, 2.24) is 10.6 Å². The van der Waals surface area contributed by atoms with Gasteiger partial charge in [-0.1, -0.05) is 23.9 Å². The summed E-state index contributed by atoms with van der Waals surface area (Å²) in [5.74, 6) is 0.254. The number of nitrogens with one attached hydrogen (secondary N) is 2. The van der Waals surface area contributed by atoms with Crippen LogP contribution in [0.2, 0.25) is 0 Å². The molecule has 0 aromatic heterocycles. The van der Waals surface area contributed by atoms with Crippen molar-refractivity contribution in [3.63, 3.8) is 0 Å². The molecule has 132 valence electrons. The normalized spacial score (nSPS) is 16.3. The van der Waals surface area contributed by atoms with Gasteiger partial charge in [0.1, 0.15) is 5.82 Å². The number of likely N-dealkylation sites (N-methyl/N-ethyl adjacent to an activating group) is 1. The summed E-state index contributed by atoms with van der Waals surface area (Å²) >= 11 is 1.59. The molecule has 0 spiro atoms. The minimum Gasteiger partial charge on any atom is -0.358 e. The lowest BCUT2D eigenvalue weighted by Crippen LogP contribution is -2.34. The van der Waals surface area contributed by atoms with E-state index in [1.165, 1.54) is 17.2 Å². The molecule has 2 aromatic rings. The number of halogens is 1. The predicted octanol–water partition coefficient (Wildman–Crippen LogP) is 3.73. The molecule has 1 aliphatic rings. The van der Waals surface area contributed by atoms with E-state index >= 15 is 0 Å². The van der Waals surface area contributed by atoms with Gasteiger partial charge in [0, 0.05) is 23.4 Å². The van der Waals surface area contributed by atoms with Crippen molar-refractivity contribution < 1.29 is 9.18 Å². The van der Waals surface area contributed by atoms with Crippen molar-refractivity contribution in [2.24, 2.45) is 0 Å². The van der Waals surface area contributed by atoms with E-state index in [0.717, 1.165) is 35.6 Å². The molecule has 0 saturated heterocycles. The van der Waals surface area contributed by atoms with Crippen molar-refractivity contribution in [1.29, 1.82) is 0 Å². The van der Waals surface area contributed by atoms with Gasteiger partial charge in [-0.05, 0) is 66.6 Å². The van der Waals surface area contributed by atoms with Gasteiger partial charge in [0.15, 0.2) is 0 Å². The maximum Gasteiger partial charge on any atom is 0.233 e. The Morgan fingerprint density at radius 1 is 1.24 bits per heavy atom. The molecule has 0 fully saturated rings. The van der Waals surface area contributed by atoms with Crippen molar-refractivity contribution >= 4 is 17.7 Å². The van der Waals surface area contributed by atoms with Gasteiger partial charge in [0.25, 0.3) is 0 Å². The van der Waals surface area contributed by atoms with Gasteiger partial charge in [-0.15, -0.1) is 0 Å². The summed E-state index contributed by atoms with van der Waals surface area (Å²) in [6.45, 7) is 1.17. The van der Waals surface area contributed by atoms with E-state index in [2.05, 4.69) is 28.8 Å². The molecule has 3 rings (SSSR count). The summed E-state index contributed by atoms with van der Waals surface area (Å²) in [6, 6.07) is 13.2. The van der Waals surface area contributed by atoms with E-state index < -0.39 is 0 Å². The fraction of sp³-hybridized carbons (Fsp3) is 0.350. The molecular weight excluding hydrogens is 335 g/mol. The molecule has 5 heteroatoms. The van der Waals surface area contributed by atoms with Gasteiger partial charge in [0.05, 0.1) is 6.54 Å². The zero-order valence-corrected chi connectivity index (χ0v) is 15.2. The SMILES string of the molecule is CNC(=O)CNC[C@@H]1CCCc2cc(Sc3cccc(F)c3)ccc21. The monoisotopic (exact) mass is 358 g/mol. The molecule has 0 bridgehead atoms. The number of rotatable bonds is 6. The van der Waals surface area contributed by atoms with Gasteiger partial charge >= 0.3 is 0 Å². The summed E-state index contributed by atoms with van der Waals surface area (Å²) in [4.78, 5) is 13.4. The molecule has 3 nitrogen and oxygen atoms in total. The second-order valence-electron chi connectivity index (χ2n) is 6.31. The maximum atomic E-state index is 13.3. The topological polar surface area (TPSA) is 41.1 Å². The summed E-state index contributed by atoms with van der Waals surface area (Å²) in [7, 11) is 1.65. The molecule has 25 heavy (non-hydrogen) atoms. The number of hydrogen-bond donors (Lipinski definition) is 2. The Balaban J connectivity index is 1.68. The van der Waals surface area contributed by atoms with Crippen molar-refractivity contribution in [2.45, 2.75) is 35.0 Å². The highest BCUT2D eigenvalue weighted by atomic mass is 32.2. The van der Waals surface area contributed by atoms with Crippen LogP contribution < -0.4 is 10.6 Å². The lowest BCUT2D eigenvalue weighted by molar-refractivity contribution is -0.119. The molecule has 0 saturated carbocycles. The van der Waals surface area contributed by atoms with Gasteiger partial charge in [-0.25, -0.2) is 4.39 Å². The lowest BCUT2D eigenvalue weighted by Gasteiger charge is -2.26. The van der Waals surface area contributed by atoms with E-state index in [9.17, 15) is 9.18 Å². The third-order valence-corrected chi connectivity index (χ3v) is 5.52. The van der Waals surface area contributed by atoms with Crippen LogP contribution in [0, 0.1) is 5.82 Å². The van der Waals surface area contributed by atoms with E-state index in [1.807, 2.05) is 6.07 Å². The van der Waals surface area contributed by atoms with Crippen LogP contribution in [0.1, 0.15) is 29.9 Å². The van der Waals surface area contributed by atoms with Crippen LogP contribution in [0.3, 0.4) is 0 Å². The highest BCUT2D eigenvalue weighted by molar-refractivity contribution is 7.99. The molecule has 0 radical (unpaired) electrons. The van der Waals surface area contributed by atoms with E-state index in [1.54, 1.807) is 30.9 Å². The number of carbonyl (C=O) groups is 1. The zero-order valence-electron chi connectivity index (χ0n) is 14.3. The Bertz CT molecular complexity index is 750. The number of hydrogen-bond acceptors (Lipinski definition) is 3. The van der Waals surface area contributed by atoms with Gasteiger partial charge < -0.3 is 10.6 Å². The summed E-state index contributed by atoms with van der Waals surface area (Å²) < 4.78 is 13.3. The second kappa shape index (κ2) is 8.50. The highest BCUT2D eigenvalue weighted by Gasteiger charge is 2.20. The minimum absolute atomic E-state index is 0.0119. The quantitative estimate of drug-likeness (QED) is 0.827. The zero-order chi connectivity index (χ0) is 17.6. The Hall–Kier alpha value is -1.85. The standard InChI is InChI=1S/C20H23FN2OS/c1-22-20(24)13-23-12-15-5-2-4-14-10-18(8-9-19(14)15)25-17-7-3-6-16(21)11-17/h3,6-11,15,23H,2,4-5,12-13H2,1H3,(H,22,24)/t15-/m0/s1. The first-order valence-corrected chi connectivity index (χ1v) is 9.45. The summed E-state index contributed by atoms with van der Waals surface area (Å²) in [5, 5.41) is 5.87. The minimum atomic E-state index is -0.204. The van der Waals surface area contributed by atoms with Crippen LogP contribution in [-0.4, -0.2) is 26.0 Å². The average molecular weight is 358 g/mol. The van der Waals surface area contributed by atoms with Crippen molar-refractivity contribution in [3.05, 3.63) is 59.4 Å². The first-order chi connectivity index (χ1) is 12.2. The van der Waals surface area contributed by atoms with Crippen LogP contribution in [-0.2, 0) is 11.2 Å². The number of fused-ring (bicyclic) bond motifs is 1. The summed E-state index contributed by atoms with van der Waals surface area (Å²) in [6.07, 6.45) is 3.39. The number of benzene rings is 2. The van der Waals surface area contributed by atoms with Gasteiger partial charge in [-0.3, -0.25) is 4.79 Å². The van der Waals surface area contributed by atoms with Crippen LogP contribution in [0.15, 0.2) is 52.3 Å². The number of amides is 1. The van der Waals surface area contributed by atoms with E-state index in [0.29, 0.717) is 12.5 Å². The molecular formula is C20H23FN2OS. The maximum absolute atomic E-state index is 13.3. The number of carbonyl (C=O) groups excluding carboxylic acids is 1. The molecule has 1 aliphatic carbocycles.